The van der Waals surface area contributed by atoms with Gasteiger partial charge in [0.1, 0.15) is 0 Å². The van der Waals surface area contributed by atoms with Gasteiger partial charge in [0.15, 0.2) is 0 Å². The number of aromatic nitrogens is 1. The summed E-state index contributed by atoms with van der Waals surface area (Å²) in [6.45, 7) is 5.40. The highest BCUT2D eigenvalue weighted by Gasteiger charge is 2.26. The van der Waals surface area contributed by atoms with Crippen molar-refractivity contribution in [3.05, 3.63) is 36.0 Å². The van der Waals surface area contributed by atoms with Gasteiger partial charge in [-0.3, -0.25) is 0 Å². The first-order valence-corrected chi connectivity index (χ1v) is 7.47. The molecule has 1 fully saturated rings. The highest BCUT2D eigenvalue weighted by Crippen LogP contribution is 2.38. The second-order valence-corrected chi connectivity index (χ2v) is 6.35. The molecule has 0 saturated heterocycles. The van der Waals surface area contributed by atoms with Crippen LogP contribution in [0.1, 0.15) is 44.7 Å². The van der Waals surface area contributed by atoms with Crippen LogP contribution < -0.4 is 5.73 Å². The van der Waals surface area contributed by atoms with E-state index in [4.69, 9.17) is 5.73 Å². The van der Waals surface area contributed by atoms with Crippen LogP contribution >= 0.6 is 0 Å². The van der Waals surface area contributed by atoms with Crippen molar-refractivity contribution in [2.75, 3.05) is 0 Å². The largest absolute Gasteiger partial charge is 0.344 e. The number of para-hydroxylation sites is 1. The summed E-state index contributed by atoms with van der Waals surface area (Å²) in [5.41, 5.74) is 8.54. The number of fused-ring (bicyclic) bond motifs is 1. The summed E-state index contributed by atoms with van der Waals surface area (Å²) in [7, 11) is 0. The van der Waals surface area contributed by atoms with Crippen molar-refractivity contribution in [1.82, 2.24) is 4.57 Å². The number of hydrogen-bond acceptors (Lipinski definition) is 1. The van der Waals surface area contributed by atoms with Gasteiger partial charge in [-0.2, -0.15) is 0 Å². The van der Waals surface area contributed by atoms with Gasteiger partial charge in [-0.05, 0) is 48.1 Å². The van der Waals surface area contributed by atoms with Gasteiger partial charge in [-0.25, -0.2) is 0 Å². The second-order valence-electron chi connectivity index (χ2n) is 6.35. The van der Waals surface area contributed by atoms with Crippen molar-refractivity contribution in [1.29, 1.82) is 0 Å². The van der Waals surface area contributed by atoms with Crippen molar-refractivity contribution in [2.24, 2.45) is 17.6 Å². The molecule has 0 bridgehead atoms. The molecule has 19 heavy (non-hydrogen) atoms. The number of benzene rings is 1. The maximum Gasteiger partial charge on any atom is 0.0528 e. The maximum atomic E-state index is 5.91. The van der Waals surface area contributed by atoms with Crippen molar-refractivity contribution < 1.29 is 0 Å². The van der Waals surface area contributed by atoms with Crippen LogP contribution in [-0.4, -0.2) is 4.57 Å². The molecule has 0 spiro atoms. The topological polar surface area (TPSA) is 30.9 Å². The fraction of sp³-hybridized carbons (Fsp3) is 0.529. The molecule has 2 aromatic rings. The molecule has 1 aliphatic carbocycles. The van der Waals surface area contributed by atoms with Crippen LogP contribution in [0.5, 0.6) is 0 Å². The van der Waals surface area contributed by atoms with E-state index >= 15 is 0 Å². The summed E-state index contributed by atoms with van der Waals surface area (Å²) < 4.78 is 2.49. The van der Waals surface area contributed by atoms with Gasteiger partial charge in [0.25, 0.3) is 0 Å². The Morgan fingerprint density at radius 3 is 2.53 bits per heavy atom. The first-order chi connectivity index (χ1) is 9.19. The predicted octanol–water partition coefficient (Wildman–Crippen LogP) is 4.10. The minimum Gasteiger partial charge on any atom is -0.344 e. The van der Waals surface area contributed by atoms with Crippen LogP contribution in [-0.2, 0) is 6.54 Å². The van der Waals surface area contributed by atoms with Crippen molar-refractivity contribution >= 4 is 10.9 Å². The van der Waals surface area contributed by atoms with Gasteiger partial charge in [0.05, 0.1) is 5.52 Å². The standard InChI is InChI=1S/C17H24N2/c1-12-8-13(2)10-16(9-12)19-7-6-14-4-3-5-15(11-18)17(14)19/h3-7,12-13,16H,8-11,18H2,1-2H3. The van der Waals surface area contributed by atoms with E-state index < -0.39 is 0 Å². The second kappa shape index (κ2) is 5.01. The molecule has 2 nitrogen and oxygen atoms in total. The minimum absolute atomic E-state index is 0.624. The summed E-state index contributed by atoms with van der Waals surface area (Å²) in [6, 6.07) is 9.35. The third-order valence-electron chi connectivity index (χ3n) is 4.59. The van der Waals surface area contributed by atoms with Gasteiger partial charge in [0.2, 0.25) is 0 Å². The fourth-order valence-corrected chi connectivity index (χ4v) is 3.90. The lowest BCUT2D eigenvalue weighted by Crippen LogP contribution is -2.22. The third kappa shape index (κ3) is 2.30. The van der Waals surface area contributed by atoms with Gasteiger partial charge < -0.3 is 10.3 Å². The lowest BCUT2D eigenvalue weighted by Gasteiger charge is -2.33. The average Bonchev–Trinajstić information content (AvgIpc) is 2.81. The molecule has 1 aliphatic rings. The molecule has 2 atom stereocenters. The fourth-order valence-electron chi connectivity index (χ4n) is 3.90. The number of nitrogens with two attached hydrogens (primary N) is 1. The molecule has 1 aromatic carbocycles. The highest BCUT2D eigenvalue weighted by molar-refractivity contribution is 5.83. The van der Waals surface area contributed by atoms with E-state index in [1.165, 1.54) is 35.7 Å². The van der Waals surface area contributed by atoms with Crippen LogP contribution in [0.15, 0.2) is 30.5 Å². The molecule has 1 saturated carbocycles. The SMILES string of the molecule is CC1CC(C)CC(n2ccc3cccc(CN)c32)C1. The lowest BCUT2D eigenvalue weighted by atomic mass is 9.80. The smallest absolute Gasteiger partial charge is 0.0528 e. The van der Waals surface area contributed by atoms with Crippen LogP contribution in [0.2, 0.25) is 0 Å². The molecule has 1 aromatic heterocycles. The van der Waals surface area contributed by atoms with Crippen LogP contribution in [0.25, 0.3) is 10.9 Å². The van der Waals surface area contributed by atoms with E-state index in [-0.39, 0.29) is 0 Å². The Labute approximate surface area is 115 Å². The summed E-state index contributed by atoms with van der Waals surface area (Å²) in [5, 5.41) is 1.33. The third-order valence-corrected chi connectivity index (χ3v) is 4.59. The summed E-state index contributed by atoms with van der Waals surface area (Å²) in [4.78, 5) is 0. The Morgan fingerprint density at radius 1 is 1.11 bits per heavy atom. The quantitative estimate of drug-likeness (QED) is 0.861. The van der Waals surface area contributed by atoms with Gasteiger partial charge >= 0.3 is 0 Å². The van der Waals surface area contributed by atoms with Gasteiger partial charge in [-0.15, -0.1) is 0 Å². The zero-order chi connectivity index (χ0) is 13.4. The lowest BCUT2D eigenvalue weighted by molar-refractivity contribution is 0.225. The molecule has 2 N–H and O–H groups in total. The first-order valence-electron chi connectivity index (χ1n) is 7.47. The number of nitrogens with zero attached hydrogens (tertiary/aromatic N) is 1. The van der Waals surface area contributed by atoms with Gasteiger partial charge in [-0.1, -0.05) is 32.0 Å². The zero-order valence-electron chi connectivity index (χ0n) is 12.0. The van der Waals surface area contributed by atoms with Gasteiger partial charge in [0, 0.05) is 18.8 Å². The number of rotatable bonds is 2. The predicted molar refractivity (Wildman–Crippen MR) is 81.0 cm³/mol. The van der Waals surface area contributed by atoms with E-state index in [1.54, 1.807) is 0 Å². The molecule has 0 amide bonds. The summed E-state index contributed by atoms with van der Waals surface area (Å²) in [5.74, 6) is 1.66. The number of hydrogen-bond donors (Lipinski definition) is 1. The zero-order valence-corrected chi connectivity index (χ0v) is 12.0. The Hall–Kier alpha value is -1.28. The van der Waals surface area contributed by atoms with E-state index in [0.29, 0.717) is 12.6 Å². The molecule has 1 heterocycles. The Kier molecular flexibility index (Phi) is 3.36. The Balaban J connectivity index is 2.05. The summed E-state index contributed by atoms with van der Waals surface area (Å²) >= 11 is 0. The van der Waals surface area contributed by atoms with E-state index in [1.807, 2.05) is 0 Å². The van der Waals surface area contributed by atoms with Crippen molar-refractivity contribution in [3.63, 3.8) is 0 Å². The molecule has 102 valence electrons. The first kappa shape index (κ1) is 12.7. The molecule has 2 heteroatoms. The molecule has 3 rings (SSSR count). The maximum absolute atomic E-state index is 5.91. The summed E-state index contributed by atoms with van der Waals surface area (Å²) in [6.07, 6.45) is 6.23. The van der Waals surface area contributed by atoms with Crippen LogP contribution in [0.4, 0.5) is 0 Å². The normalized spacial score (nSPS) is 27.8. The highest BCUT2D eigenvalue weighted by atomic mass is 15.0. The van der Waals surface area contributed by atoms with Crippen LogP contribution in [0.3, 0.4) is 0 Å². The van der Waals surface area contributed by atoms with E-state index in [2.05, 4.69) is 48.9 Å². The van der Waals surface area contributed by atoms with Crippen molar-refractivity contribution in [2.45, 2.75) is 45.7 Å². The Morgan fingerprint density at radius 2 is 1.84 bits per heavy atom. The molecular weight excluding hydrogens is 232 g/mol. The molecular formula is C17H24N2. The monoisotopic (exact) mass is 256 g/mol. The average molecular weight is 256 g/mol. The van der Waals surface area contributed by atoms with E-state index in [0.717, 1.165) is 11.8 Å². The van der Waals surface area contributed by atoms with E-state index in [9.17, 15) is 0 Å². The van der Waals surface area contributed by atoms with Crippen LogP contribution in [0, 0.1) is 11.8 Å². The Bertz CT molecular complexity index is 560. The molecule has 0 aliphatic heterocycles. The minimum atomic E-state index is 0.624. The van der Waals surface area contributed by atoms with Crippen molar-refractivity contribution in [3.8, 4) is 0 Å². The molecule has 0 radical (unpaired) electrons. The molecule has 2 unspecified atom stereocenters.